The summed E-state index contributed by atoms with van der Waals surface area (Å²) in [6.45, 7) is 5.58. The van der Waals surface area contributed by atoms with Crippen LogP contribution < -0.4 is 10.5 Å². The van der Waals surface area contributed by atoms with Gasteiger partial charge in [0, 0.05) is 34.1 Å². The molecule has 0 aliphatic carbocycles. The van der Waals surface area contributed by atoms with Gasteiger partial charge < -0.3 is 20.6 Å². The minimum absolute atomic E-state index is 0.154. The molecular formula is C23H22Cl2N2O5. The lowest BCUT2D eigenvalue weighted by Crippen LogP contribution is -2.12. The number of nitrogens with one attached hydrogen (secondary N) is 1. The van der Waals surface area contributed by atoms with E-state index in [9.17, 15) is 14.4 Å². The minimum Gasteiger partial charge on any atom is -0.478 e. The first-order valence-corrected chi connectivity index (χ1v) is 10.4. The normalized spacial score (nSPS) is 10.2. The van der Waals surface area contributed by atoms with Gasteiger partial charge in [-0.05, 0) is 36.2 Å². The van der Waals surface area contributed by atoms with Crippen LogP contribution in [0.1, 0.15) is 42.1 Å². The standard InChI is InChI=1S/C14H17NO3.C9H5Cl2NO2/c1-3-4-8-13(16)18-12-7-5-6-11(9-12)10(2)14(15)17;10-4-1-6(11)8-5(9(13)14)3-12-7(8)2-4/h5-7,9H,2-4,8H2,1H3,(H2,15,17);1-3,12H,(H,13,14). The van der Waals surface area contributed by atoms with E-state index < -0.39 is 11.9 Å². The average molecular weight is 477 g/mol. The highest BCUT2D eigenvalue weighted by atomic mass is 35.5. The summed E-state index contributed by atoms with van der Waals surface area (Å²) in [6, 6.07) is 9.77. The molecule has 3 rings (SSSR count). The number of ether oxygens (including phenoxy) is 1. The van der Waals surface area contributed by atoms with Crippen LogP contribution in [0.5, 0.6) is 5.75 Å². The third kappa shape index (κ3) is 6.60. The number of benzene rings is 2. The van der Waals surface area contributed by atoms with Crippen molar-refractivity contribution in [1.82, 2.24) is 4.98 Å². The average Bonchev–Trinajstić information content (AvgIpc) is 3.17. The lowest BCUT2D eigenvalue weighted by Gasteiger charge is -2.06. The largest absolute Gasteiger partial charge is 0.478 e. The molecule has 1 aromatic heterocycles. The molecule has 0 fully saturated rings. The van der Waals surface area contributed by atoms with Gasteiger partial charge in [0.2, 0.25) is 5.91 Å². The Bertz CT molecular complexity index is 1170. The number of carbonyl (C=O) groups excluding carboxylic acids is 2. The van der Waals surface area contributed by atoms with Gasteiger partial charge in [-0.15, -0.1) is 0 Å². The Morgan fingerprint density at radius 1 is 1.19 bits per heavy atom. The van der Waals surface area contributed by atoms with Crippen LogP contribution in [-0.2, 0) is 9.59 Å². The predicted molar refractivity (Wildman–Crippen MR) is 125 cm³/mol. The molecule has 0 radical (unpaired) electrons. The molecule has 0 aliphatic heterocycles. The SMILES string of the molecule is C=C(C(N)=O)c1cccc(OC(=O)CCCC)c1.O=C(O)c1c[nH]c2cc(Cl)cc(Cl)c12. The number of carboxylic acids is 1. The number of amides is 1. The van der Waals surface area contributed by atoms with E-state index in [1.54, 1.807) is 30.3 Å². The maximum absolute atomic E-state index is 11.5. The van der Waals surface area contributed by atoms with E-state index in [1.165, 1.54) is 12.3 Å². The first kappa shape index (κ1) is 25.0. The zero-order valence-electron chi connectivity index (χ0n) is 17.3. The van der Waals surface area contributed by atoms with Gasteiger partial charge in [-0.25, -0.2) is 4.79 Å². The van der Waals surface area contributed by atoms with E-state index in [0.717, 1.165) is 12.8 Å². The smallest absolute Gasteiger partial charge is 0.337 e. The Hall–Kier alpha value is -3.29. The van der Waals surface area contributed by atoms with Gasteiger partial charge in [-0.2, -0.15) is 0 Å². The van der Waals surface area contributed by atoms with Crippen molar-refractivity contribution < 1.29 is 24.2 Å². The topological polar surface area (TPSA) is 122 Å². The summed E-state index contributed by atoms with van der Waals surface area (Å²) >= 11 is 11.6. The first-order valence-electron chi connectivity index (χ1n) is 9.63. The van der Waals surface area contributed by atoms with Crippen LogP contribution in [0, 0.1) is 0 Å². The van der Waals surface area contributed by atoms with Gasteiger partial charge in [0.1, 0.15) is 5.75 Å². The summed E-state index contributed by atoms with van der Waals surface area (Å²) in [7, 11) is 0. The molecule has 9 heteroatoms. The number of H-pyrrole nitrogens is 1. The molecule has 2 aromatic carbocycles. The fourth-order valence-corrected chi connectivity index (χ4v) is 3.34. The number of esters is 1. The summed E-state index contributed by atoms with van der Waals surface area (Å²) in [5.74, 6) is -1.49. The molecule has 0 saturated heterocycles. The Labute approximate surface area is 194 Å². The molecule has 4 N–H and O–H groups in total. The van der Waals surface area contributed by atoms with E-state index in [1.807, 2.05) is 6.92 Å². The number of primary amides is 1. The molecule has 1 amide bonds. The maximum atomic E-state index is 11.5. The quantitative estimate of drug-likeness (QED) is 0.237. The highest BCUT2D eigenvalue weighted by Crippen LogP contribution is 2.30. The van der Waals surface area contributed by atoms with E-state index in [-0.39, 0.29) is 17.1 Å². The third-order valence-electron chi connectivity index (χ3n) is 4.37. The van der Waals surface area contributed by atoms with Crippen molar-refractivity contribution in [3.63, 3.8) is 0 Å². The molecule has 0 unspecified atom stereocenters. The Balaban J connectivity index is 0.000000233. The van der Waals surface area contributed by atoms with E-state index in [2.05, 4.69) is 11.6 Å². The third-order valence-corrected chi connectivity index (χ3v) is 4.89. The Kier molecular flexibility index (Phi) is 8.87. The number of halogens is 2. The molecule has 7 nitrogen and oxygen atoms in total. The van der Waals surface area contributed by atoms with Crippen LogP contribution in [0.15, 0.2) is 49.2 Å². The molecule has 0 saturated carbocycles. The van der Waals surface area contributed by atoms with Crippen molar-refractivity contribution in [2.75, 3.05) is 0 Å². The summed E-state index contributed by atoms with van der Waals surface area (Å²) in [5, 5.41) is 10.2. The summed E-state index contributed by atoms with van der Waals surface area (Å²) < 4.78 is 5.15. The van der Waals surface area contributed by atoms with Crippen LogP contribution >= 0.6 is 23.2 Å². The molecule has 0 atom stereocenters. The number of aromatic amines is 1. The predicted octanol–water partition coefficient (Wildman–Crippen LogP) is 5.45. The van der Waals surface area contributed by atoms with Crippen LogP contribution in [0.3, 0.4) is 0 Å². The number of aromatic carboxylic acids is 1. The maximum Gasteiger partial charge on any atom is 0.337 e. The Morgan fingerprint density at radius 2 is 1.91 bits per heavy atom. The fraction of sp³-hybridized carbons (Fsp3) is 0.174. The van der Waals surface area contributed by atoms with E-state index in [4.69, 9.17) is 38.8 Å². The number of hydrogen-bond acceptors (Lipinski definition) is 4. The molecule has 1 heterocycles. The van der Waals surface area contributed by atoms with Gasteiger partial charge >= 0.3 is 11.9 Å². The van der Waals surface area contributed by atoms with Gasteiger partial charge in [-0.1, -0.05) is 55.3 Å². The second kappa shape index (κ2) is 11.4. The van der Waals surface area contributed by atoms with Crippen molar-refractivity contribution in [2.45, 2.75) is 26.2 Å². The molecule has 168 valence electrons. The van der Waals surface area contributed by atoms with Crippen molar-refractivity contribution >= 4 is 57.5 Å². The van der Waals surface area contributed by atoms with Gasteiger partial charge in [0.15, 0.2) is 0 Å². The number of hydrogen-bond donors (Lipinski definition) is 3. The zero-order valence-corrected chi connectivity index (χ0v) is 18.8. The first-order chi connectivity index (χ1) is 15.1. The lowest BCUT2D eigenvalue weighted by molar-refractivity contribution is -0.134. The molecule has 3 aromatic rings. The number of rotatable bonds is 7. The van der Waals surface area contributed by atoms with Crippen molar-refractivity contribution in [2.24, 2.45) is 5.73 Å². The van der Waals surface area contributed by atoms with Gasteiger partial charge in [0.05, 0.1) is 10.6 Å². The summed E-state index contributed by atoms with van der Waals surface area (Å²) in [5.41, 5.74) is 6.67. The van der Waals surface area contributed by atoms with Crippen LogP contribution in [0.4, 0.5) is 0 Å². The molecule has 0 bridgehead atoms. The number of aromatic nitrogens is 1. The van der Waals surface area contributed by atoms with E-state index >= 15 is 0 Å². The summed E-state index contributed by atoms with van der Waals surface area (Å²) in [6.07, 6.45) is 3.52. The molecular weight excluding hydrogens is 455 g/mol. The zero-order chi connectivity index (χ0) is 23.8. The highest BCUT2D eigenvalue weighted by molar-refractivity contribution is 6.39. The van der Waals surface area contributed by atoms with Crippen molar-refractivity contribution in [3.8, 4) is 5.75 Å². The van der Waals surface area contributed by atoms with Crippen LogP contribution in [-0.4, -0.2) is 27.9 Å². The molecule has 0 spiro atoms. The number of unbranched alkanes of at least 4 members (excludes halogenated alkanes) is 1. The molecule has 32 heavy (non-hydrogen) atoms. The number of carbonyl (C=O) groups is 3. The molecule has 0 aliphatic rings. The van der Waals surface area contributed by atoms with Crippen molar-refractivity contribution in [1.29, 1.82) is 0 Å². The Morgan fingerprint density at radius 3 is 2.53 bits per heavy atom. The summed E-state index contributed by atoms with van der Waals surface area (Å²) in [4.78, 5) is 36.0. The minimum atomic E-state index is -1.01. The van der Waals surface area contributed by atoms with Gasteiger partial charge in [-0.3, -0.25) is 9.59 Å². The van der Waals surface area contributed by atoms with Gasteiger partial charge in [0.25, 0.3) is 0 Å². The van der Waals surface area contributed by atoms with Crippen LogP contribution in [0.2, 0.25) is 10.0 Å². The van der Waals surface area contributed by atoms with E-state index in [0.29, 0.717) is 38.7 Å². The monoisotopic (exact) mass is 476 g/mol. The van der Waals surface area contributed by atoms with Crippen LogP contribution in [0.25, 0.3) is 16.5 Å². The number of fused-ring (bicyclic) bond motifs is 1. The van der Waals surface area contributed by atoms with Crippen molar-refractivity contribution in [3.05, 3.63) is 70.3 Å². The number of nitrogens with two attached hydrogens (primary N) is 1. The second-order valence-electron chi connectivity index (χ2n) is 6.77. The highest BCUT2D eigenvalue weighted by Gasteiger charge is 2.14. The lowest BCUT2D eigenvalue weighted by atomic mass is 10.1. The fourth-order valence-electron chi connectivity index (χ4n) is 2.75. The second-order valence-corrected chi connectivity index (χ2v) is 7.61. The number of carboxylic acid groups (broad SMARTS) is 1.